The van der Waals surface area contributed by atoms with E-state index < -0.39 is 0 Å². The Hall–Kier alpha value is -2.70. The Labute approximate surface area is 140 Å². The van der Waals surface area contributed by atoms with E-state index in [2.05, 4.69) is 20.3 Å². The summed E-state index contributed by atoms with van der Waals surface area (Å²) >= 11 is 0. The predicted octanol–water partition coefficient (Wildman–Crippen LogP) is 1.80. The zero-order valence-electron chi connectivity index (χ0n) is 14.1. The Balaban J connectivity index is 1.94. The van der Waals surface area contributed by atoms with Gasteiger partial charge < -0.3 is 15.2 Å². The summed E-state index contributed by atoms with van der Waals surface area (Å²) in [5.74, 6) is 0.411. The number of aromatic amines is 1. The number of nitrogens with one attached hydrogen (secondary N) is 2. The molecule has 3 rings (SSSR count). The van der Waals surface area contributed by atoms with Crippen LogP contribution in [0.25, 0.3) is 0 Å². The van der Waals surface area contributed by atoms with Gasteiger partial charge in [-0.1, -0.05) is 0 Å². The molecule has 2 aromatic heterocycles. The van der Waals surface area contributed by atoms with Gasteiger partial charge in [0.2, 0.25) is 0 Å². The molecule has 1 amide bonds. The normalized spacial score (nSPS) is 17.1. The molecule has 0 aromatic carbocycles. The average molecular weight is 327 g/mol. The van der Waals surface area contributed by atoms with Gasteiger partial charge in [0.15, 0.2) is 0 Å². The number of carbonyl (C=O) groups excluding carboxylic acids is 1. The number of likely N-dealkylation sites (tertiary alicyclic amines) is 1. The molecule has 126 valence electrons. The van der Waals surface area contributed by atoms with Gasteiger partial charge in [-0.15, -0.1) is 0 Å². The molecule has 1 aliphatic heterocycles. The number of hydrogen-bond donors (Lipinski definition) is 2. The van der Waals surface area contributed by atoms with Crippen molar-refractivity contribution in [2.24, 2.45) is 0 Å². The Morgan fingerprint density at radius 1 is 1.38 bits per heavy atom. The zero-order valence-corrected chi connectivity index (χ0v) is 14.1. The van der Waals surface area contributed by atoms with Crippen molar-refractivity contribution >= 4 is 11.7 Å². The van der Waals surface area contributed by atoms with Gasteiger partial charge in [0.05, 0.1) is 24.1 Å². The molecule has 0 spiro atoms. The smallest absolute Gasteiger partial charge is 0.261 e. The summed E-state index contributed by atoms with van der Waals surface area (Å²) in [6.07, 6.45) is 5.02. The molecule has 1 atom stereocenters. The van der Waals surface area contributed by atoms with Gasteiger partial charge in [0.25, 0.3) is 11.5 Å². The first-order chi connectivity index (χ1) is 11.5. The number of aryl methyl sites for hydroxylation is 2. The molecule has 0 radical (unpaired) electrons. The third-order valence-corrected chi connectivity index (χ3v) is 4.49. The Morgan fingerprint density at radius 2 is 2.17 bits per heavy atom. The van der Waals surface area contributed by atoms with Gasteiger partial charge in [-0.3, -0.25) is 14.6 Å². The highest BCUT2D eigenvalue weighted by molar-refractivity contribution is 5.94. The zero-order chi connectivity index (χ0) is 17.3. The molecule has 1 saturated heterocycles. The Morgan fingerprint density at radius 3 is 2.92 bits per heavy atom. The summed E-state index contributed by atoms with van der Waals surface area (Å²) in [6, 6.07) is 1.51. The molecule has 1 aliphatic rings. The predicted molar refractivity (Wildman–Crippen MR) is 91.1 cm³/mol. The summed E-state index contributed by atoms with van der Waals surface area (Å²) < 4.78 is 0. The molecule has 2 aromatic rings. The first-order valence-corrected chi connectivity index (χ1v) is 8.02. The lowest BCUT2D eigenvalue weighted by atomic mass is 10.1. The number of H-pyrrole nitrogens is 1. The van der Waals surface area contributed by atoms with E-state index in [4.69, 9.17) is 0 Å². The molecular weight excluding hydrogens is 306 g/mol. The lowest BCUT2D eigenvalue weighted by molar-refractivity contribution is 0.0731. The van der Waals surface area contributed by atoms with E-state index in [1.807, 2.05) is 13.8 Å². The number of carbonyl (C=O) groups is 1. The summed E-state index contributed by atoms with van der Waals surface area (Å²) in [5, 5.41) is 2.96. The third kappa shape index (κ3) is 2.89. The van der Waals surface area contributed by atoms with Crippen LogP contribution in [0.5, 0.6) is 0 Å². The van der Waals surface area contributed by atoms with E-state index in [1.54, 1.807) is 30.4 Å². The number of hydrogen-bond acceptors (Lipinski definition) is 5. The van der Waals surface area contributed by atoms with Crippen LogP contribution < -0.4 is 10.9 Å². The third-order valence-electron chi connectivity index (χ3n) is 4.49. The van der Waals surface area contributed by atoms with Crippen molar-refractivity contribution in [2.75, 3.05) is 18.9 Å². The van der Waals surface area contributed by atoms with Crippen molar-refractivity contribution in [2.45, 2.75) is 32.7 Å². The average Bonchev–Trinajstić information content (AvgIpc) is 3.07. The van der Waals surface area contributed by atoms with Crippen LogP contribution in [0.4, 0.5) is 5.82 Å². The molecular formula is C17H21N5O2. The first-order valence-electron chi connectivity index (χ1n) is 8.02. The number of anilines is 1. The van der Waals surface area contributed by atoms with Crippen molar-refractivity contribution < 1.29 is 4.79 Å². The van der Waals surface area contributed by atoms with Crippen LogP contribution in [-0.2, 0) is 0 Å². The van der Waals surface area contributed by atoms with Crippen LogP contribution in [0, 0.1) is 13.8 Å². The van der Waals surface area contributed by atoms with Crippen molar-refractivity contribution in [3.8, 4) is 0 Å². The summed E-state index contributed by atoms with van der Waals surface area (Å²) in [4.78, 5) is 38.3. The fraction of sp³-hybridized carbons (Fsp3) is 0.412. The summed E-state index contributed by atoms with van der Waals surface area (Å²) in [5.41, 5.74) is 2.26. The van der Waals surface area contributed by atoms with E-state index in [0.717, 1.165) is 29.8 Å². The number of amides is 1. The van der Waals surface area contributed by atoms with Crippen LogP contribution in [0.2, 0.25) is 0 Å². The lowest BCUT2D eigenvalue weighted by Crippen LogP contribution is -2.35. The fourth-order valence-corrected chi connectivity index (χ4v) is 3.02. The molecule has 0 unspecified atom stereocenters. The largest absolute Gasteiger partial charge is 0.372 e. The van der Waals surface area contributed by atoms with Crippen molar-refractivity contribution in [3.05, 3.63) is 51.3 Å². The van der Waals surface area contributed by atoms with Crippen LogP contribution in [-0.4, -0.2) is 39.4 Å². The lowest BCUT2D eigenvalue weighted by Gasteiger charge is -2.24. The Kier molecular flexibility index (Phi) is 4.33. The topological polar surface area (TPSA) is 91.0 Å². The second-order valence-electron chi connectivity index (χ2n) is 6.06. The van der Waals surface area contributed by atoms with Crippen LogP contribution in [0.1, 0.15) is 46.2 Å². The number of rotatable bonds is 3. The van der Waals surface area contributed by atoms with E-state index in [9.17, 15) is 9.59 Å². The standard InChI is InChI=1S/C17H21N5O2/c1-10-7-12(16(23)20-11(10)2)17(24)22-6-4-5-14(22)13-8-19-9-15(18-3)21-13/h7-9,14H,4-6H2,1-3H3,(H,18,21)(H,20,23)/t14-/m1/s1. The van der Waals surface area contributed by atoms with Crippen LogP contribution in [0.15, 0.2) is 23.3 Å². The molecule has 3 heterocycles. The number of nitrogens with zero attached hydrogens (tertiary/aromatic N) is 3. The number of pyridine rings is 1. The van der Waals surface area contributed by atoms with Crippen molar-refractivity contribution in [1.82, 2.24) is 19.9 Å². The quantitative estimate of drug-likeness (QED) is 0.897. The van der Waals surface area contributed by atoms with Gasteiger partial charge in [-0.05, 0) is 38.3 Å². The maximum atomic E-state index is 12.9. The van der Waals surface area contributed by atoms with Gasteiger partial charge in [0.1, 0.15) is 11.4 Å². The van der Waals surface area contributed by atoms with Crippen molar-refractivity contribution in [1.29, 1.82) is 0 Å². The van der Waals surface area contributed by atoms with E-state index in [0.29, 0.717) is 12.4 Å². The molecule has 24 heavy (non-hydrogen) atoms. The molecule has 0 aliphatic carbocycles. The molecule has 7 heteroatoms. The minimum absolute atomic E-state index is 0.153. The van der Waals surface area contributed by atoms with Crippen LogP contribution in [0.3, 0.4) is 0 Å². The molecule has 0 saturated carbocycles. The number of aromatic nitrogens is 3. The van der Waals surface area contributed by atoms with E-state index in [1.165, 1.54) is 0 Å². The maximum Gasteiger partial charge on any atom is 0.261 e. The van der Waals surface area contributed by atoms with Gasteiger partial charge in [-0.2, -0.15) is 0 Å². The fourth-order valence-electron chi connectivity index (χ4n) is 3.02. The second-order valence-corrected chi connectivity index (χ2v) is 6.06. The summed E-state index contributed by atoms with van der Waals surface area (Å²) in [6.45, 7) is 4.31. The monoisotopic (exact) mass is 327 g/mol. The van der Waals surface area contributed by atoms with Crippen molar-refractivity contribution in [3.63, 3.8) is 0 Å². The van der Waals surface area contributed by atoms with Crippen LogP contribution >= 0.6 is 0 Å². The van der Waals surface area contributed by atoms with Gasteiger partial charge in [0, 0.05) is 19.3 Å². The first kappa shape index (κ1) is 16.2. The highest BCUT2D eigenvalue weighted by Crippen LogP contribution is 2.31. The van der Waals surface area contributed by atoms with Gasteiger partial charge >= 0.3 is 0 Å². The molecule has 1 fully saturated rings. The summed E-state index contributed by atoms with van der Waals surface area (Å²) in [7, 11) is 1.78. The molecule has 7 nitrogen and oxygen atoms in total. The van der Waals surface area contributed by atoms with Gasteiger partial charge in [-0.25, -0.2) is 4.98 Å². The highest BCUT2D eigenvalue weighted by atomic mass is 16.2. The second kappa shape index (κ2) is 6.43. The maximum absolute atomic E-state index is 12.9. The Bertz CT molecular complexity index is 830. The van der Waals surface area contributed by atoms with E-state index in [-0.39, 0.29) is 23.1 Å². The highest BCUT2D eigenvalue weighted by Gasteiger charge is 2.33. The SMILES string of the molecule is CNc1cncc([C@H]2CCCN2C(=O)c2cc(C)c(C)[nH]c2=O)n1. The molecule has 0 bridgehead atoms. The molecule has 2 N–H and O–H groups in total. The minimum Gasteiger partial charge on any atom is -0.372 e. The minimum atomic E-state index is -0.344. The van der Waals surface area contributed by atoms with E-state index >= 15 is 0 Å².